The van der Waals surface area contributed by atoms with Crippen LogP contribution in [0.3, 0.4) is 0 Å². The topological polar surface area (TPSA) is 35.2 Å². The van der Waals surface area contributed by atoms with Crippen molar-refractivity contribution in [3.63, 3.8) is 0 Å². The number of hydrogen-bond acceptors (Lipinski definition) is 2. The molecule has 0 aliphatic heterocycles. The molecule has 0 heterocycles. The summed E-state index contributed by atoms with van der Waals surface area (Å²) >= 11 is 5.70. The van der Waals surface area contributed by atoms with Gasteiger partial charge in [-0.15, -0.1) is 0 Å². The molecule has 0 radical (unpaired) electrons. The highest BCUT2D eigenvalue weighted by atomic mass is 35.5. The van der Waals surface area contributed by atoms with Crippen LogP contribution >= 0.6 is 11.6 Å². The fraction of sp³-hybridized carbons (Fsp3) is 0.538. The number of hydrogen-bond donors (Lipinski definition) is 1. The third-order valence-electron chi connectivity index (χ3n) is 3.57. The molecule has 0 saturated heterocycles. The Bertz CT molecular complexity index is 459. The maximum Gasteiger partial charge on any atom is 0.167 e. The lowest BCUT2D eigenvalue weighted by molar-refractivity contribution is 0.274. The number of nitrogens with two attached hydrogens (primary N) is 1. The Kier molecular flexibility index (Phi) is 3.78. The predicted molar refractivity (Wildman–Crippen MR) is 66.9 cm³/mol. The molecule has 100 valence electrons. The summed E-state index contributed by atoms with van der Waals surface area (Å²) in [6.07, 6.45) is 4.08. The molecule has 1 saturated carbocycles. The minimum absolute atomic E-state index is 0.0784. The van der Waals surface area contributed by atoms with Crippen LogP contribution in [0.25, 0.3) is 0 Å². The summed E-state index contributed by atoms with van der Waals surface area (Å²) in [7, 11) is 1.31. The van der Waals surface area contributed by atoms with E-state index in [0.29, 0.717) is 12.8 Å². The molecule has 1 fully saturated rings. The van der Waals surface area contributed by atoms with Gasteiger partial charge in [-0.05, 0) is 18.9 Å². The van der Waals surface area contributed by atoms with E-state index in [1.165, 1.54) is 7.11 Å². The van der Waals surface area contributed by atoms with Crippen molar-refractivity contribution in [3.8, 4) is 5.75 Å². The van der Waals surface area contributed by atoms with E-state index in [9.17, 15) is 8.78 Å². The van der Waals surface area contributed by atoms with Crippen LogP contribution in [0.5, 0.6) is 5.75 Å². The number of halogens is 3. The molecule has 1 aliphatic rings. The monoisotopic (exact) mass is 275 g/mol. The van der Waals surface area contributed by atoms with E-state index >= 15 is 0 Å². The van der Waals surface area contributed by atoms with Crippen molar-refractivity contribution < 1.29 is 13.5 Å². The largest absolute Gasteiger partial charge is 0.493 e. The maximum absolute atomic E-state index is 14.2. The molecule has 5 heteroatoms. The lowest BCUT2D eigenvalue weighted by Gasteiger charge is -2.35. The van der Waals surface area contributed by atoms with E-state index in [1.54, 1.807) is 0 Å². The van der Waals surface area contributed by atoms with Gasteiger partial charge in [-0.2, -0.15) is 0 Å². The molecule has 18 heavy (non-hydrogen) atoms. The van der Waals surface area contributed by atoms with Crippen LogP contribution in [0.2, 0.25) is 5.02 Å². The lowest BCUT2D eigenvalue weighted by Crippen LogP contribution is -2.40. The van der Waals surface area contributed by atoms with Crippen molar-refractivity contribution >= 4 is 11.6 Å². The zero-order valence-electron chi connectivity index (χ0n) is 10.2. The molecule has 0 unspecified atom stereocenters. The third-order valence-corrected chi connectivity index (χ3v) is 3.85. The Morgan fingerprint density at radius 2 is 1.89 bits per heavy atom. The second-order valence-electron chi connectivity index (χ2n) is 4.78. The Morgan fingerprint density at radius 1 is 1.28 bits per heavy atom. The second-order valence-corrected chi connectivity index (χ2v) is 5.19. The fourth-order valence-corrected chi connectivity index (χ4v) is 2.85. The van der Waals surface area contributed by atoms with E-state index in [1.807, 2.05) is 0 Å². The molecule has 2 nitrogen and oxygen atoms in total. The molecule has 0 bridgehead atoms. The summed E-state index contributed by atoms with van der Waals surface area (Å²) in [5.41, 5.74) is 5.44. The molecule has 0 aromatic heterocycles. The smallest absolute Gasteiger partial charge is 0.167 e. The van der Waals surface area contributed by atoms with Gasteiger partial charge in [-0.3, -0.25) is 0 Å². The first-order valence-electron chi connectivity index (χ1n) is 6.00. The highest BCUT2D eigenvalue weighted by Gasteiger charge is 2.37. The molecule has 1 aromatic rings. The van der Waals surface area contributed by atoms with Crippen molar-refractivity contribution in [2.24, 2.45) is 5.73 Å². The summed E-state index contributed by atoms with van der Waals surface area (Å²) in [4.78, 5) is 0. The third kappa shape index (κ3) is 2.19. The van der Waals surface area contributed by atoms with Gasteiger partial charge in [0.15, 0.2) is 17.4 Å². The van der Waals surface area contributed by atoms with Crippen LogP contribution in [0, 0.1) is 11.6 Å². The quantitative estimate of drug-likeness (QED) is 0.835. The van der Waals surface area contributed by atoms with Gasteiger partial charge in [0, 0.05) is 5.54 Å². The molecule has 0 amide bonds. The van der Waals surface area contributed by atoms with Crippen LogP contribution in [0.4, 0.5) is 8.78 Å². The summed E-state index contributed by atoms with van der Waals surface area (Å²) in [5, 5.41) is -0.251. The van der Waals surface area contributed by atoms with E-state index in [-0.39, 0.29) is 16.3 Å². The predicted octanol–water partition coefficient (Wildman–Crippen LogP) is 3.74. The molecular weight excluding hydrogens is 260 g/mol. The van der Waals surface area contributed by atoms with Crippen LogP contribution in [-0.4, -0.2) is 7.11 Å². The summed E-state index contributed by atoms with van der Waals surface area (Å²) in [5.74, 6) is -1.46. The van der Waals surface area contributed by atoms with Gasteiger partial charge in [0.1, 0.15) is 0 Å². The number of ether oxygens (including phenoxy) is 1. The average molecular weight is 276 g/mol. The van der Waals surface area contributed by atoms with E-state index in [2.05, 4.69) is 0 Å². The SMILES string of the molecule is COc1c(F)cc(Cl)c(F)c1C1(N)CCCCC1. The van der Waals surface area contributed by atoms with Crippen molar-refractivity contribution in [1.82, 2.24) is 0 Å². The first-order chi connectivity index (χ1) is 8.49. The zero-order chi connectivity index (χ0) is 13.3. The average Bonchev–Trinajstić information content (AvgIpc) is 2.34. The highest BCUT2D eigenvalue weighted by Crippen LogP contribution is 2.43. The minimum atomic E-state index is -0.889. The van der Waals surface area contributed by atoms with Crippen molar-refractivity contribution in [2.75, 3.05) is 7.11 Å². The summed E-state index contributed by atoms with van der Waals surface area (Å²) in [6, 6.07) is 0.922. The van der Waals surface area contributed by atoms with Gasteiger partial charge in [-0.1, -0.05) is 30.9 Å². The van der Waals surface area contributed by atoms with Crippen LogP contribution < -0.4 is 10.5 Å². The first kappa shape index (κ1) is 13.6. The van der Waals surface area contributed by atoms with Crippen molar-refractivity contribution in [2.45, 2.75) is 37.6 Å². The Morgan fingerprint density at radius 3 is 2.44 bits per heavy atom. The van der Waals surface area contributed by atoms with Gasteiger partial charge in [-0.25, -0.2) is 8.78 Å². The van der Waals surface area contributed by atoms with E-state index in [0.717, 1.165) is 25.3 Å². The Labute approximate surface area is 110 Å². The number of rotatable bonds is 2. The fourth-order valence-electron chi connectivity index (χ4n) is 2.66. The molecule has 0 spiro atoms. The van der Waals surface area contributed by atoms with E-state index in [4.69, 9.17) is 22.1 Å². The number of benzene rings is 1. The summed E-state index contributed by atoms with van der Waals surface area (Å²) in [6.45, 7) is 0. The van der Waals surface area contributed by atoms with Crippen LogP contribution in [0.1, 0.15) is 37.7 Å². The molecule has 2 N–H and O–H groups in total. The molecule has 1 aliphatic carbocycles. The van der Waals surface area contributed by atoms with Gasteiger partial charge < -0.3 is 10.5 Å². The molecule has 2 rings (SSSR count). The maximum atomic E-state index is 14.2. The van der Waals surface area contributed by atoms with Gasteiger partial charge >= 0.3 is 0 Å². The normalized spacial score (nSPS) is 18.7. The lowest BCUT2D eigenvalue weighted by atomic mass is 9.77. The first-order valence-corrected chi connectivity index (χ1v) is 6.38. The van der Waals surface area contributed by atoms with Crippen molar-refractivity contribution in [1.29, 1.82) is 0 Å². The van der Waals surface area contributed by atoms with Gasteiger partial charge in [0.05, 0.1) is 17.7 Å². The standard InChI is InChI=1S/C13H16ClF2NO/c1-18-12-9(15)7-8(14)11(16)10(12)13(17)5-3-2-4-6-13/h7H,2-6,17H2,1H3. The van der Waals surface area contributed by atoms with Gasteiger partial charge in [0.25, 0.3) is 0 Å². The zero-order valence-corrected chi connectivity index (χ0v) is 11.0. The molecular formula is C13H16ClF2NO. The Hall–Kier alpha value is -0.870. The summed E-state index contributed by atoms with van der Waals surface area (Å²) < 4.78 is 33.0. The van der Waals surface area contributed by atoms with Crippen molar-refractivity contribution in [3.05, 3.63) is 28.3 Å². The number of methoxy groups -OCH3 is 1. The highest BCUT2D eigenvalue weighted by molar-refractivity contribution is 6.30. The molecule has 1 aromatic carbocycles. The Balaban J connectivity index is 2.60. The molecule has 0 atom stereocenters. The van der Waals surface area contributed by atoms with Crippen LogP contribution in [-0.2, 0) is 5.54 Å². The van der Waals surface area contributed by atoms with Crippen LogP contribution in [0.15, 0.2) is 6.07 Å². The minimum Gasteiger partial charge on any atom is -0.493 e. The van der Waals surface area contributed by atoms with E-state index < -0.39 is 17.2 Å². The van der Waals surface area contributed by atoms with Gasteiger partial charge in [0.2, 0.25) is 0 Å². The second kappa shape index (κ2) is 5.02.